The third-order valence-corrected chi connectivity index (χ3v) is 2.71. The second-order valence-corrected chi connectivity index (χ2v) is 4.36. The zero-order valence-electron chi connectivity index (χ0n) is 8.65. The minimum Gasteiger partial charge on any atom is -0.397 e. The van der Waals surface area contributed by atoms with Crippen molar-refractivity contribution < 1.29 is 0 Å². The molecule has 0 aliphatic rings. The highest BCUT2D eigenvalue weighted by molar-refractivity contribution is 9.10. The van der Waals surface area contributed by atoms with Crippen LogP contribution in [-0.2, 0) is 6.54 Å². The zero-order chi connectivity index (χ0) is 11.4. The molecule has 0 bridgehead atoms. The first-order valence-corrected chi connectivity index (χ1v) is 5.73. The standard InChI is InChI=1S/C12H12BrN3/c13-10-3-4-11(14)12(6-10)16-8-9-2-1-5-15-7-9/h1-7,16H,8,14H2. The molecule has 3 nitrogen and oxygen atoms in total. The van der Waals surface area contributed by atoms with Gasteiger partial charge in [-0.05, 0) is 29.8 Å². The Hall–Kier alpha value is -1.55. The van der Waals surface area contributed by atoms with Gasteiger partial charge in [0.1, 0.15) is 0 Å². The summed E-state index contributed by atoms with van der Waals surface area (Å²) >= 11 is 3.41. The van der Waals surface area contributed by atoms with Crippen molar-refractivity contribution in [3.63, 3.8) is 0 Å². The molecule has 3 N–H and O–H groups in total. The van der Waals surface area contributed by atoms with E-state index in [-0.39, 0.29) is 0 Å². The van der Waals surface area contributed by atoms with E-state index < -0.39 is 0 Å². The number of hydrogen-bond acceptors (Lipinski definition) is 3. The Morgan fingerprint density at radius 3 is 2.94 bits per heavy atom. The van der Waals surface area contributed by atoms with Crippen LogP contribution in [0.4, 0.5) is 11.4 Å². The van der Waals surface area contributed by atoms with E-state index in [0.717, 1.165) is 21.4 Å². The lowest BCUT2D eigenvalue weighted by atomic mass is 10.2. The molecule has 0 spiro atoms. The van der Waals surface area contributed by atoms with Crippen LogP contribution >= 0.6 is 15.9 Å². The molecule has 16 heavy (non-hydrogen) atoms. The lowest BCUT2D eigenvalue weighted by molar-refractivity contribution is 1.11. The summed E-state index contributed by atoms with van der Waals surface area (Å²) in [6.07, 6.45) is 3.60. The maximum absolute atomic E-state index is 5.85. The summed E-state index contributed by atoms with van der Waals surface area (Å²) in [6.45, 7) is 0.717. The highest BCUT2D eigenvalue weighted by Crippen LogP contribution is 2.23. The number of hydrogen-bond donors (Lipinski definition) is 2. The Morgan fingerprint density at radius 1 is 1.31 bits per heavy atom. The fourth-order valence-corrected chi connectivity index (χ4v) is 1.74. The predicted molar refractivity (Wildman–Crippen MR) is 70.1 cm³/mol. The van der Waals surface area contributed by atoms with E-state index in [4.69, 9.17) is 5.73 Å². The van der Waals surface area contributed by atoms with Gasteiger partial charge in [0.2, 0.25) is 0 Å². The molecule has 0 fully saturated rings. The Labute approximate surface area is 103 Å². The van der Waals surface area contributed by atoms with Gasteiger partial charge in [-0.3, -0.25) is 4.98 Å². The number of nitrogens with zero attached hydrogens (tertiary/aromatic N) is 1. The second-order valence-electron chi connectivity index (χ2n) is 3.45. The minimum atomic E-state index is 0.717. The number of nitrogens with two attached hydrogens (primary N) is 1. The predicted octanol–water partition coefficient (Wildman–Crippen LogP) is 3.04. The van der Waals surface area contributed by atoms with E-state index in [0.29, 0.717) is 6.54 Å². The number of rotatable bonds is 3. The van der Waals surface area contributed by atoms with Gasteiger partial charge in [0, 0.05) is 23.4 Å². The van der Waals surface area contributed by atoms with Crippen LogP contribution in [0, 0.1) is 0 Å². The third kappa shape index (κ3) is 2.73. The molecule has 0 amide bonds. The van der Waals surface area contributed by atoms with Gasteiger partial charge in [0.25, 0.3) is 0 Å². The summed E-state index contributed by atoms with van der Waals surface area (Å²) in [7, 11) is 0. The van der Waals surface area contributed by atoms with Crippen molar-refractivity contribution in [1.29, 1.82) is 0 Å². The monoisotopic (exact) mass is 277 g/mol. The number of nitrogens with one attached hydrogen (secondary N) is 1. The fourth-order valence-electron chi connectivity index (χ4n) is 1.38. The number of nitrogen functional groups attached to an aromatic ring is 1. The number of pyridine rings is 1. The summed E-state index contributed by atoms with van der Waals surface area (Å²) in [5.41, 5.74) is 8.65. The summed E-state index contributed by atoms with van der Waals surface area (Å²) < 4.78 is 1.01. The number of benzene rings is 1. The van der Waals surface area contributed by atoms with Crippen LogP contribution in [0.2, 0.25) is 0 Å². The molecule has 1 aromatic heterocycles. The van der Waals surface area contributed by atoms with Crippen molar-refractivity contribution >= 4 is 27.3 Å². The molecule has 2 aromatic rings. The quantitative estimate of drug-likeness (QED) is 0.848. The van der Waals surface area contributed by atoms with Gasteiger partial charge in [-0.15, -0.1) is 0 Å². The molecular formula is C12H12BrN3. The van der Waals surface area contributed by atoms with Gasteiger partial charge >= 0.3 is 0 Å². The molecule has 0 unspecified atom stereocenters. The van der Waals surface area contributed by atoms with Gasteiger partial charge in [0.15, 0.2) is 0 Å². The normalized spacial score (nSPS) is 10.1. The van der Waals surface area contributed by atoms with Crippen LogP contribution < -0.4 is 11.1 Å². The maximum atomic E-state index is 5.85. The largest absolute Gasteiger partial charge is 0.397 e. The van der Waals surface area contributed by atoms with Crippen LogP contribution in [0.25, 0.3) is 0 Å². The summed E-state index contributed by atoms with van der Waals surface area (Å²) in [5.74, 6) is 0. The average molecular weight is 278 g/mol. The Morgan fingerprint density at radius 2 is 2.19 bits per heavy atom. The molecule has 0 radical (unpaired) electrons. The topological polar surface area (TPSA) is 50.9 Å². The molecule has 0 saturated heterocycles. The first-order chi connectivity index (χ1) is 7.75. The smallest absolute Gasteiger partial charge is 0.0587 e. The number of aromatic nitrogens is 1. The Balaban J connectivity index is 2.08. The van der Waals surface area contributed by atoms with Gasteiger partial charge in [0.05, 0.1) is 11.4 Å². The maximum Gasteiger partial charge on any atom is 0.0587 e. The molecule has 4 heteroatoms. The number of halogens is 1. The number of anilines is 2. The van der Waals surface area contributed by atoms with Crippen molar-refractivity contribution in [1.82, 2.24) is 4.98 Å². The van der Waals surface area contributed by atoms with E-state index >= 15 is 0 Å². The van der Waals surface area contributed by atoms with Crippen molar-refractivity contribution in [2.24, 2.45) is 0 Å². The summed E-state index contributed by atoms with van der Waals surface area (Å²) in [5, 5.41) is 3.28. The molecule has 1 heterocycles. The fraction of sp³-hybridized carbons (Fsp3) is 0.0833. The van der Waals surface area contributed by atoms with E-state index in [2.05, 4.69) is 26.2 Å². The Kier molecular flexibility index (Phi) is 3.41. The first kappa shape index (κ1) is 11.0. The summed E-state index contributed by atoms with van der Waals surface area (Å²) in [6, 6.07) is 9.70. The molecule has 0 aliphatic carbocycles. The second kappa shape index (κ2) is 4.99. The summed E-state index contributed by atoms with van der Waals surface area (Å²) in [4.78, 5) is 4.06. The minimum absolute atomic E-state index is 0.717. The molecule has 0 aliphatic heterocycles. The van der Waals surface area contributed by atoms with E-state index in [1.54, 1.807) is 6.20 Å². The van der Waals surface area contributed by atoms with Gasteiger partial charge < -0.3 is 11.1 Å². The van der Waals surface area contributed by atoms with E-state index in [1.807, 2.05) is 36.5 Å². The lowest BCUT2D eigenvalue weighted by Crippen LogP contribution is -2.02. The van der Waals surface area contributed by atoms with Gasteiger partial charge in [-0.1, -0.05) is 22.0 Å². The van der Waals surface area contributed by atoms with E-state index in [1.165, 1.54) is 0 Å². The van der Waals surface area contributed by atoms with Crippen LogP contribution in [0.15, 0.2) is 47.2 Å². The Bertz CT molecular complexity index is 471. The van der Waals surface area contributed by atoms with Crippen molar-refractivity contribution in [2.45, 2.75) is 6.54 Å². The molecule has 0 atom stereocenters. The van der Waals surface area contributed by atoms with Crippen LogP contribution in [0.3, 0.4) is 0 Å². The van der Waals surface area contributed by atoms with Crippen molar-refractivity contribution in [3.8, 4) is 0 Å². The van der Waals surface area contributed by atoms with Gasteiger partial charge in [-0.25, -0.2) is 0 Å². The van der Waals surface area contributed by atoms with Gasteiger partial charge in [-0.2, -0.15) is 0 Å². The SMILES string of the molecule is Nc1ccc(Br)cc1NCc1cccnc1. The highest BCUT2D eigenvalue weighted by atomic mass is 79.9. The lowest BCUT2D eigenvalue weighted by Gasteiger charge is -2.09. The van der Waals surface area contributed by atoms with Crippen LogP contribution in [-0.4, -0.2) is 4.98 Å². The molecule has 82 valence electrons. The average Bonchev–Trinajstić information content (AvgIpc) is 2.32. The van der Waals surface area contributed by atoms with Crippen molar-refractivity contribution in [2.75, 3.05) is 11.1 Å². The molecule has 1 aromatic carbocycles. The van der Waals surface area contributed by atoms with Crippen LogP contribution in [0.5, 0.6) is 0 Å². The third-order valence-electron chi connectivity index (χ3n) is 2.22. The van der Waals surface area contributed by atoms with E-state index in [9.17, 15) is 0 Å². The first-order valence-electron chi connectivity index (χ1n) is 4.93. The highest BCUT2D eigenvalue weighted by Gasteiger charge is 1.99. The van der Waals surface area contributed by atoms with Crippen molar-refractivity contribution in [3.05, 3.63) is 52.8 Å². The molecular weight excluding hydrogens is 266 g/mol. The van der Waals surface area contributed by atoms with Crippen LogP contribution in [0.1, 0.15) is 5.56 Å². The molecule has 2 rings (SSSR count). The molecule has 0 saturated carbocycles. The zero-order valence-corrected chi connectivity index (χ0v) is 10.2.